The number of piperazine rings is 1. The van der Waals surface area contributed by atoms with E-state index in [9.17, 15) is 0 Å². The number of anilines is 2. The lowest BCUT2D eigenvalue weighted by Gasteiger charge is -2.36. The first kappa shape index (κ1) is 14.6. The lowest BCUT2D eigenvalue weighted by atomic mass is 10.1. The number of nitriles is 1. The SMILES string of the molecule is CN(C)CCN1CCN(c2ccc(N)c(C#N)c2)CC1. The van der Waals surface area contributed by atoms with Gasteiger partial charge in [-0.2, -0.15) is 5.26 Å². The number of nitrogen functional groups attached to an aromatic ring is 1. The molecule has 5 nitrogen and oxygen atoms in total. The molecule has 1 aliphatic heterocycles. The van der Waals surface area contributed by atoms with Crippen LogP contribution in [0.1, 0.15) is 5.56 Å². The Morgan fingerprint density at radius 1 is 1.25 bits per heavy atom. The number of nitrogens with zero attached hydrogens (tertiary/aromatic N) is 4. The van der Waals surface area contributed by atoms with E-state index in [0.29, 0.717) is 11.3 Å². The molecule has 0 spiro atoms. The maximum absolute atomic E-state index is 9.04. The van der Waals surface area contributed by atoms with Crippen LogP contribution in [0.3, 0.4) is 0 Å². The van der Waals surface area contributed by atoms with E-state index < -0.39 is 0 Å². The van der Waals surface area contributed by atoms with Crippen molar-refractivity contribution in [2.45, 2.75) is 0 Å². The Balaban J connectivity index is 1.92. The van der Waals surface area contributed by atoms with E-state index in [1.165, 1.54) is 0 Å². The summed E-state index contributed by atoms with van der Waals surface area (Å²) in [6.45, 7) is 6.36. The summed E-state index contributed by atoms with van der Waals surface area (Å²) < 4.78 is 0. The Labute approximate surface area is 121 Å². The second kappa shape index (κ2) is 6.60. The second-order valence-corrected chi connectivity index (χ2v) is 5.52. The number of benzene rings is 1. The summed E-state index contributed by atoms with van der Waals surface area (Å²) in [7, 11) is 4.21. The third-order valence-electron chi connectivity index (χ3n) is 3.76. The largest absolute Gasteiger partial charge is 0.398 e. The van der Waals surface area contributed by atoms with Crippen LogP contribution in [0.5, 0.6) is 0 Å². The van der Waals surface area contributed by atoms with Crippen molar-refractivity contribution in [1.29, 1.82) is 5.26 Å². The van der Waals surface area contributed by atoms with Crippen LogP contribution in [-0.2, 0) is 0 Å². The highest BCUT2D eigenvalue weighted by Gasteiger charge is 2.17. The van der Waals surface area contributed by atoms with E-state index in [4.69, 9.17) is 11.0 Å². The second-order valence-electron chi connectivity index (χ2n) is 5.52. The van der Waals surface area contributed by atoms with Crippen molar-refractivity contribution in [2.24, 2.45) is 0 Å². The summed E-state index contributed by atoms with van der Waals surface area (Å²) >= 11 is 0. The molecular weight excluding hydrogens is 250 g/mol. The first-order valence-electron chi connectivity index (χ1n) is 7.02. The molecule has 0 aromatic heterocycles. The first-order chi connectivity index (χ1) is 9.60. The highest BCUT2D eigenvalue weighted by Crippen LogP contribution is 2.21. The zero-order valence-electron chi connectivity index (χ0n) is 12.3. The predicted molar refractivity (Wildman–Crippen MR) is 82.8 cm³/mol. The molecule has 0 radical (unpaired) electrons. The monoisotopic (exact) mass is 273 g/mol. The molecular formula is C15H23N5. The minimum Gasteiger partial charge on any atom is -0.398 e. The Bertz CT molecular complexity index is 484. The summed E-state index contributed by atoms with van der Waals surface area (Å²) in [5, 5.41) is 9.04. The summed E-state index contributed by atoms with van der Waals surface area (Å²) in [5.41, 5.74) is 7.99. The fourth-order valence-corrected chi connectivity index (χ4v) is 2.41. The third-order valence-corrected chi connectivity index (χ3v) is 3.76. The molecule has 108 valence electrons. The molecule has 20 heavy (non-hydrogen) atoms. The van der Waals surface area contributed by atoms with Crippen molar-refractivity contribution in [3.8, 4) is 6.07 Å². The molecule has 2 N–H and O–H groups in total. The fourth-order valence-electron chi connectivity index (χ4n) is 2.41. The van der Waals surface area contributed by atoms with Gasteiger partial charge in [0.15, 0.2) is 0 Å². The van der Waals surface area contributed by atoms with Gasteiger partial charge in [0.2, 0.25) is 0 Å². The van der Waals surface area contributed by atoms with Crippen molar-refractivity contribution in [1.82, 2.24) is 9.80 Å². The minimum atomic E-state index is 0.556. The zero-order valence-corrected chi connectivity index (χ0v) is 12.3. The van der Waals surface area contributed by atoms with Gasteiger partial charge in [0.05, 0.1) is 5.56 Å². The van der Waals surface area contributed by atoms with Gasteiger partial charge in [-0.05, 0) is 32.3 Å². The average Bonchev–Trinajstić information content (AvgIpc) is 2.46. The quantitative estimate of drug-likeness (QED) is 0.823. The van der Waals surface area contributed by atoms with E-state index in [0.717, 1.165) is 45.0 Å². The Morgan fingerprint density at radius 2 is 1.95 bits per heavy atom. The van der Waals surface area contributed by atoms with Crippen LogP contribution < -0.4 is 10.6 Å². The van der Waals surface area contributed by atoms with E-state index in [2.05, 4.69) is 34.9 Å². The molecule has 0 atom stereocenters. The molecule has 5 heteroatoms. The van der Waals surface area contributed by atoms with Gasteiger partial charge in [-0.3, -0.25) is 4.90 Å². The predicted octanol–water partition coefficient (Wildman–Crippen LogP) is 0.824. The summed E-state index contributed by atoms with van der Waals surface area (Å²) in [6.07, 6.45) is 0. The standard InChI is InChI=1S/C15H23N5/c1-18(2)5-6-19-7-9-20(10-8-19)14-3-4-15(17)13(11-14)12-16/h3-4,11H,5-10,17H2,1-2H3. The smallest absolute Gasteiger partial charge is 0.101 e. The van der Waals surface area contributed by atoms with Crippen molar-refractivity contribution in [2.75, 3.05) is 64.0 Å². The first-order valence-corrected chi connectivity index (χ1v) is 7.02. The molecule has 1 heterocycles. The number of rotatable bonds is 4. The van der Waals surface area contributed by atoms with Gasteiger partial charge in [0, 0.05) is 50.6 Å². The number of likely N-dealkylation sites (N-methyl/N-ethyl adjacent to an activating group) is 1. The van der Waals surface area contributed by atoms with E-state index in [1.54, 1.807) is 0 Å². The maximum Gasteiger partial charge on any atom is 0.101 e. The molecule has 1 aromatic rings. The molecule has 0 bridgehead atoms. The van der Waals surface area contributed by atoms with Crippen molar-refractivity contribution in [3.05, 3.63) is 23.8 Å². The Kier molecular flexibility index (Phi) is 4.83. The number of nitrogens with two attached hydrogens (primary N) is 1. The number of hydrogen-bond donors (Lipinski definition) is 1. The van der Waals surface area contributed by atoms with Crippen LogP contribution in [0.2, 0.25) is 0 Å². The molecule has 0 saturated carbocycles. The van der Waals surface area contributed by atoms with E-state index >= 15 is 0 Å². The Morgan fingerprint density at radius 3 is 2.55 bits per heavy atom. The minimum absolute atomic E-state index is 0.556. The summed E-state index contributed by atoms with van der Waals surface area (Å²) in [6, 6.07) is 7.87. The van der Waals surface area contributed by atoms with Crippen LogP contribution in [0, 0.1) is 11.3 Å². The Hall–Kier alpha value is -1.77. The average molecular weight is 273 g/mol. The van der Waals surface area contributed by atoms with Gasteiger partial charge in [0.25, 0.3) is 0 Å². The lowest BCUT2D eigenvalue weighted by molar-refractivity contribution is 0.229. The third kappa shape index (κ3) is 3.62. The highest BCUT2D eigenvalue weighted by molar-refractivity contribution is 5.62. The normalized spacial score (nSPS) is 16.4. The molecule has 1 aliphatic rings. The van der Waals surface area contributed by atoms with Gasteiger partial charge in [-0.1, -0.05) is 0 Å². The topological polar surface area (TPSA) is 59.5 Å². The zero-order chi connectivity index (χ0) is 14.5. The molecule has 2 rings (SSSR count). The van der Waals surface area contributed by atoms with Gasteiger partial charge in [-0.25, -0.2) is 0 Å². The van der Waals surface area contributed by atoms with Crippen molar-refractivity contribution >= 4 is 11.4 Å². The van der Waals surface area contributed by atoms with Gasteiger partial charge >= 0.3 is 0 Å². The van der Waals surface area contributed by atoms with Crippen molar-refractivity contribution in [3.63, 3.8) is 0 Å². The van der Waals surface area contributed by atoms with Crippen LogP contribution in [0.25, 0.3) is 0 Å². The molecule has 1 aromatic carbocycles. The van der Waals surface area contributed by atoms with Crippen molar-refractivity contribution < 1.29 is 0 Å². The molecule has 1 fully saturated rings. The molecule has 0 aliphatic carbocycles. The van der Waals surface area contributed by atoms with Crippen LogP contribution in [-0.4, -0.2) is 63.2 Å². The van der Waals surface area contributed by atoms with Gasteiger partial charge in [-0.15, -0.1) is 0 Å². The molecule has 0 amide bonds. The fraction of sp³-hybridized carbons (Fsp3) is 0.533. The van der Waals surface area contributed by atoms with E-state index in [-0.39, 0.29) is 0 Å². The molecule has 1 saturated heterocycles. The lowest BCUT2D eigenvalue weighted by Crippen LogP contribution is -2.48. The molecule has 0 unspecified atom stereocenters. The summed E-state index contributed by atoms with van der Waals surface area (Å²) in [5.74, 6) is 0. The van der Waals surface area contributed by atoms with E-state index in [1.807, 2.05) is 18.2 Å². The van der Waals surface area contributed by atoms with Crippen LogP contribution in [0.15, 0.2) is 18.2 Å². The van der Waals surface area contributed by atoms with Crippen LogP contribution in [0.4, 0.5) is 11.4 Å². The highest BCUT2D eigenvalue weighted by atomic mass is 15.3. The van der Waals surface area contributed by atoms with Gasteiger partial charge < -0.3 is 15.5 Å². The summed E-state index contributed by atoms with van der Waals surface area (Å²) in [4.78, 5) is 7.02. The van der Waals surface area contributed by atoms with Crippen LogP contribution >= 0.6 is 0 Å². The van der Waals surface area contributed by atoms with Gasteiger partial charge in [0.1, 0.15) is 6.07 Å². The number of hydrogen-bond acceptors (Lipinski definition) is 5. The maximum atomic E-state index is 9.04.